The lowest BCUT2D eigenvalue weighted by molar-refractivity contribution is 0.244. The highest BCUT2D eigenvalue weighted by molar-refractivity contribution is 5.52. The first-order chi connectivity index (χ1) is 12.1. The zero-order chi connectivity index (χ0) is 17.4. The second-order valence-electron chi connectivity index (χ2n) is 6.85. The van der Waals surface area contributed by atoms with E-state index in [0.717, 1.165) is 30.0 Å². The fourth-order valence-electron chi connectivity index (χ4n) is 3.92. The summed E-state index contributed by atoms with van der Waals surface area (Å²) in [6, 6.07) is 10.5. The predicted octanol–water partition coefficient (Wildman–Crippen LogP) is 4.03. The van der Waals surface area contributed by atoms with Crippen molar-refractivity contribution in [2.45, 2.75) is 39.3 Å². The molecule has 1 fully saturated rings. The maximum absolute atomic E-state index is 5.70. The lowest BCUT2D eigenvalue weighted by Gasteiger charge is -2.24. The Balaban J connectivity index is 1.55. The predicted molar refractivity (Wildman–Crippen MR) is 97.0 cm³/mol. The third kappa shape index (κ3) is 3.00. The molecule has 1 aromatic carbocycles. The first-order valence-electron chi connectivity index (χ1n) is 8.87. The van der Waals surface area contributed by atoms with Gasteiger partial charge in [0, 0.05) is 36.5 Å². The van der Waals surface area contributed by atoms with E-state index in [4.69, 9.17) is 9.40 Å². The Kier molecular flexibility index (Phi) is 4.17. The molecule has 0 amide bonds. The van der Waals surface area contributed by atoms with Crippen LogP contribution < -0.4 is 0 Å². The van der Waals surface area contributed by atoms with E-state index < -0.39 is 0 Å². The van der Waals surface area contributed by atoms with Crippen LogP contribution in [0.4, 0.5) is 0 Å². The van der Waals surface area contributed by atoms with Crippen LogP contribution in [0, 0.1) is 13.8 Å². The number of hydrogen-bond acceptors (Lipinski definition) is 4. The number of rotatable bonds is 4. The highest BCUT2D eigenvalue weighted by Gasteiger charge is 2.30. The van der Waals surface area contributed by atoms with Gasteiger partial charge in [0.05, 0.1) is 11.4 Å². The van der Waals surface area contributed by atoms with Gasteiger partial charge in [-0.2, -0.15) is 5.10 Å². The molecule has 2 aromatic heterocycles. The second-order valence-corrected chi connectivity index (χ2v) is 6.85. The summed E-state index contributed by atoms with van der Waals surface area (Å²) in [5, 5.41) is 4.60. The number of aromatic nitrogens is 3. The minimum absolute atomic E-state index is 0.422. The molecule has 0 spiro atoms. The molecule has 130 valence electrons. The molecule has 1 aliphatic heterocycles. The third-order valence-corrected chi connectivity index (χ3v) is 5.20. The molecule has 1 saturated heterocycles. The summed E-state index contributed by atoms with van der Waals surface area (Å²) in [6.07, 6.45) is 4.18. The van der Waals surface area contributed by atoms with Crippen LogP contribution in [0.2, 0.25) is 0 Å². The van der Waals surface area contributed by atoms with Gasteiger partial charge < -0.3 is 4.42 Å². The topological polar surface area (TPSA) is 47.1 Å². The van der Waals surface area contributed by atoms with Crippen molar-refractivity contribution in [2.75, 3.05) is 6.54 Å². The molecule has 4 rings (SSSR count). The SMILES string of the molecule is Cc1nn(C)c(C)c1C1CCCN1Cc1coc(-c2ccccc2)n1. The Morgan fingerprint density at radius 2 is 2.00 bits per heavy atom. The maximum atomic E-state index is 5.70. The summed E-state index contributed by atoms with van der Waals surface area (Å²) >= 11 is 0. The Hall–Kier alpha value is -2.40. The number of hydrogen-bond donors (Lipinski definition) is 0. The molecule has 3 heterocycles. The molecular weight excluding hydrogens is 312 g/mol. The van der Waals surface area contributed by atoms with Crippen molar-refractivity contribution in [2.24, 2.45) is 7.05 Å². The summed E-state index contributed by atoms with van der Waals surface area (Å²) in [4.78, 5) is 7.20. The molecule has 1 unspecified atom stereocenters. The number of oxazole rings is 1. The van der Waals surface area contributed by atoms with Crippen molar-refractivity contribution in [3.8, 4) is 11.5 Å². The van der Waals surface area contributed by atoms with E-state index in [1.54, 1.807) is 6.26 Å². The van der Waals surface area contributed by atoms with E-state index in [0.29, 0.717) is 11.9 Å². The van der Waals surface area contributed by atoms with E-state index in [2.05, 4.69) is 23.8 Å². The van der Waals surface area contributed by atoms with Gasteiger partial charge in [0.2, 0.25) is 5.89 Å². The molecular formula is C20H24N4O. The monoisotopic (exact) mass is 336 g/mol. The molecule has 0 saturated carbocycles. The van der Waals surface area contributed by atoms with E-state index in [1.165, 1.54) is 24.1 Å². The maximum Gasteiger partial charge on any atom is 0.226 e. The Morgan fingerprint density at radius 1 is 1.20 bits per heavy atom. The number of nitrogens with zero attached hydrogens (tertiary/aromatic N) is 4. The summed E-state index contributed by atoms with van der Waals surface area (Å²) in [5.74, 6) is 0.695. The average Bonchev–Trinajstić information content (AvgIpc) is 3.31. The zero-order valence-electron chi connectivity index (χ0n) is 15.1. The average molecular weight is 336 g/mol. The van der Waals surface area contributed by atoms with Crippen molar-refractivity contribution < 1.29 is 4.42 Å². The lowest BCUT2D eigenvalue weighted by atomic mass is 10.0. The van der Waals surface area contributed by atoms with Gasteiger partial charge in [0.1, 0.15) is 6.26 Å². The van der Waals surface area contributed by atoms with Crippen LogP contribution in [0.3, 0.4) is 0 Å². The van der Waals surface area contributed by atoms with Crippen LogP contribution in [0.1, 0.15) is 41.5 Å². The van der Waals surface area contributed by atoms with Gasteiger partial charge >= 0.3 is 0 Å². The van der Waals surface area contributed by atoms with Gasteiger partial charge in [0.25, 0.3) is 0 Å². The third-order valence-electron chi connectivity index (χ3n) is 5.20. The van der Waals surface area contributed by atoms with E-state index >= 15 is 0 Å². The highest BCUT2D eigenvalue weighted by atomic mass is 16.3. The van der Waals surface area contributed by atoms with Crippen molar-refractivity contribution in [1.29, 1.82) is 0 Å². The van der Waals surface area contributed by atoms with Crippen molar-refractivity contribution in [3.63, 3.8) is 0 Å². The lowest BCUT2D eigenvalue weighted by Crippen LogP contribution is -2.23. The van der Waals surface area contributed by atoms with Crippen molar-refractivity contribution >= 4 is 0 Å². The Morgan fingerprint density at radius 3 is 2.72 bits per heavy atom. The Labute approximate surface area is 148 Å². The van der Waals surface area contributed by atoms with Gasteiger partial charge in [-0.1, -0.05) is 18.2 Å². The molecule has 5 heteroatoms. The highest BCUT2D eigenvalue weighted by Crippen LogP contribution is 2.36. The largest absolute Gasteiger partial charge is 0.444 e. The van der Waals surface area contributed by atoms with Crippen molar-refractivity contribution in [1.82, 2.24) is 19.7 Å². The molecule has 0 aliphatic carbocycles. The summed E-state index contributed by atoms with van der Waals surface area (Å²) < 4.78 is 7.69. The number of benzene rings is 1. The second kappa shape index (κ2) is 6.48. The standard InChI is InChI=1S/C20H24N4O/c1-14-19(15(2)23(3)22-14)18-10-7-11-24(18)12-17-13-25-20(21-17)16-8-5-4-6-9-16/h4-6,8-9,13,18H,7,10-12H2,1-3H3. The molecule has 0 N–H and O–H groups in total. The summed E-state index contributed by atoms with van der Waals surface area (Å²) in [5.41, 5.74) is 5.80. The van der Waals surface area contributed by atoms with Gasteiger partial charge in [-0.25, -0.2) is 4.98 Å². The molecule has 1 atom stereocenters. The first kappa shape index (κ1) is 16.1. The molecule has 0 bridgehead atoms. The minimum Gasteiger partial charge on any atom is -0.444 e. The molecule has 5 nitrogen and oxygen atoms in total. The molecule has 1 aliphatic rings. The van der Waals surface area contributed by atoms with Crippen LogP contribution in [-0.2, 0) is 13.6 Å². The fourth-order valence-corrected chi connectivity index (χ4v) is 3.92. The fraction of sp³-hybridized carbons (Fsp3) is 0.400. The van der Waals surface area contributed by atoms with Crippen LogP contribution in [0.15, 0.2) is 41.0 Å². The normalized spacial score (nSPS) is 18.1. The van der Waals surface area contributed by atoms with Gasteiger partial charge in [0.15, 0.2) is 0 Å². The quantitative estimate of drug-likeness (QED) is 0.722. The first-order valence-corrected chi connectivity index (χ1v) is 8.87. The summed E-state index contributed by atoms with van der Waals surface area (Å²) in [7, 11) is 2.02. The van der Waals surface area contributed by atoms with Crippen LogP contribution in [0.5, 0.6) is 0 Å². The number of aryl methyl sites for hydroxylation is 2. The van der Waals surface area contributed by atoms with Gasteiger partial charge in [-0.05, 0) is 45.4 Å². The zero-order valence-corrected chi connectivity index (χ0v) is 15.1. The van der Waals surface area contributed by atoms with Crippen LogP contribution in [-0.4, -0.2) is 26.2 Å². The minimum atomic E-state index is 0.422. The molecule has 25 heavy (non-hydrogen) atoms. The number of likely N-dealkylation sites (tertiary alicyclic amines) is 1. The Bertz CT molecular complexity index is 865. The van der Waals surface area contributed by atoms with Gasteiger partial charge in [-0.15, -0.1) is 0 Å². The van der Waals surface area contributed by atoms with E-state index in [-0.39, 0.29) is 0 Å². The van der Waals surface area contributed by atoms with Gasteiger partial charge in [-0.3, -0.25) is 9.58 Å². The summed E-state index contributed by atoms with van der Waals surface area (Å²) in [6.45, 7) is 6.18. The smallest absolute Gasteiger partial charge is 0.226 e. The van der Waals surface area contributed by atoms with E-state index in [1.807, 2.05) is 42.1 Å². The van der Waals surface area contributed by atoms with E-state index in [9.17, 15) is 0 Å². The molecule has 3 aromatic rings. The van der Waals surface area contributed by atoms with Crippen LogP contribution in [0.25, 0.3) is 11.5 Å². The van der Waals surface area contributed by atoms with Crippen LogP contribution >= 0.6 is 0 Å². The van der Waals surface area contributed by atoms with Crippen molar-refractivity contribution in [3.05, 3.63) is 59.2 Å². The molecule has 0 radical (unpaired) electrons.